The summed E-state index contributed by atoms with van der Waals surface area (Å²) >= 11 is 0. The van der Waals surface area contributed by atoms with Gasteiger partial charge < -0.3 is 10.1 Å². The third-order valence-electron chi connectivity index (χ3n) is 3.80. The Morgan fingerprint density at radius 1 is 0.760 bits per heavy atom. The molecule has 0 saturated carbocycles. The first-order chi connectivity index (χ1) is 12.3. The fraction of sp³-hybridized carbons (Fsp3) is 0.0455. The van der Waals surface area contributed by atoms with Crippen molar-refractivity contribution in [3.8, 4) is 11.8 Å². The molecule has 0 atom stereocenters. The summed E-state index contributed by atoms with van der Waals surface area (Å²) < 4.78 is 5.16. The van der Waals surface area contributed by atoms with Crippen molar-refractivity contribution in [2.24, 2.45) is 0 Å². The molecule has 0 aliphatic heterocycles. The highest BCUT2D eigenvalue weighted by molar-refractivity contribution is 5.71. The number of anilines is 2. The Morgan fingerprint density at radius 3 is 1.72 bits per heavy atom. The standard InChI is InChI=1S/C22H18N2O/c1-25-22-14-12-21(13-15-22)24-20-10-8-18(9-11-20)3-2-17-4-6-19(16-23)7-5-17/h2-15,24H,1H3/b3-2+. The van der Waals surface area contributed by atoms with Gasteiger partial charge in [0.25, 0.3) is 0 Å². The van der Waals surface area contributed by atoms with Crippen molar-refractivity contribution in [2.45, 2.75) is 0 Å². The van der Waals surface area contributed by atoms with Gasteiger partial charge in [0.2, 0.25) is 0 Å². The molecule has 0 aromatic heterocycles. The van der Waals surface area contributed by atoms with Gasteiger partial charge in [0.1, 0.15) is 5.75 Å². The lowest BCUT2D eigenvalue weighted by Crippen LogP contribution is -1.90. The molecule has 3 aromatic carbocycles. The van der Waals surface area contributed by atoms with Crippen LogP contribution in [0.5, 0.6) is 5.75 Å². The summed E-state index contributed by atoms with van der Waals surface area (Å²) in [6.07, 6.45) is 4.09. The smallest absolute Gasteiger partial charge is 0.119 e. The van der Waals surface area contributed by atoms with E-state index in [1.807, 2.05) is 66.7 Å². The van der Waals surface area contributed by atoms with Gasteiger partial charge in [-0.25, -0.2) is 0 Å². The number of nitrogens with zero attached hydrogens (tertiary/aromatic N) is 1. The first-order valence-electron chi connectivity index (χ1n) is 7.96. The zero-order chi connectivity index (χ0) is 17.5. The Bertz CT molecular complexity index is 887. The van der Waals surface area contributed by atoms with Gasteiger partial charge in [-0.3, -0.25) is 0 Å². The lowest BCUT2D eigenvalue weighted by atomic mass is 10.1. The molecule has 25 heavy (non-hydrogen) atoms. The van der Waals surface area contributed by atoms with Gasteiger partial charge >= 0.3 is 0 Å². The van der Waals surface area contributed by atoms with Crippen molar-refractivity contribution < 1.29 is 4.74 Å². The molecule has 1 N–H and O–H groups in total. The van der Waals surface area contributed by atoms with Crippen LogP contribution in [0.2, 0.25) is 0 Å². The second-order valence-corrected chi connectivity index (χ2v) is 5.54. The van der Waals surface area contributed by atoms with Gasteiger partial charge in [0.15, 0.2) is 0 Å². The second-order valence-electron chi connectivity index (χ2n) is 5.54. The molecule has 0 saturated heterocycles. The molecule has 0 heterocycles. The number of nitriles is 1. The minimum atomic E-state index is 0.672. The molecule has 3 heteroatoms. The Labute approximate surface area is 147 Å². The number of hydrogen-bond donors (Lipinski definition) is 1. The predicted octanol–water partition coefficient (Wildman–Crippen LogP) is 5.48. The molecule has 0 amide bonds. The van der Waals surface area contributed by atoms with E-state index < -0.39 is 0 Å². The maximum atomic E-state index is 8.81. The van der Waals surface area contributed by atoms with Crippen LogP contribution in [-0.2, 0) is 0 Å². The van der Waals surface area contributed by atoms with Crippen LogP contribution in [0.15, 0.2) is 72.8 Å². The Morgan fingerprint density at radius 2 is 1.24 bits per heavy atom. The van der Waals surface area contributed by atoms with Gasteiger partial charge in [-0.2, -0.15) is 5.26 Å². The van der Waals surface area contributed by atoms with Crippen molar-refractivity contribution >= 4 is 23.5 Å². The summed E-state index contributed by atoms with van der Waals surface area (Å²) in [5.74, 6) is 0.842. The number of rotatable bonds is 5. The molecular formula is C22H18N2O. The summed E-state index contributed by atoms with van der Waals surface area (Å²) in [4.78, 5) is 0. The van der Waals surface area contributed by atoms with E-state index in [1.54, 1.807) is 7.11 Å². The van der Waals surface area contributed by atoms with E-state index >= 15 is 0 Å². The van der Waals surface area contributed by atoms with Crippen molar-refractivity contribution in [3.63, 3.8) is 0 Å². The van der Waals surface area contributed by atoms with Crippen molar-refractivity contribution in [3.05, 3.63) is 89.5 Å². The third kappa shape index (κ3) is 4.49. The molecule has 3 rings (SSSR count). The minimum Gasteiger partial charge on any atom is -0.497 e. The Kier molecular flexibility index (Phi) is 5.13. The highest BCUT2D eigenvalue weighted by Crippen LogP contribution is 2.20. The normalized spacial score (nSPS) is 10.4. The average Bonchev–Trinajstić information content (AvgIpc) is 2.68. The summed E-state index contributed by atoms with van der Waals surface area (Å²) in [6.45, 7) is 0. The third-order valence-corrected chi connectivity index (χ3v) is 3.80. The molecular weight excluding hydrogens is 308 g/mol. The fourth-order valence-electron chi connectivity index (χ4n) is 2.38. The molecule has 0 radical (unpaired) electrons. The van der Waals surface area contributed by atoms with Gasteiger partial charge in [-0.15, -0.1) is 0 Å². The van der Waals surface area contributed by atoms with Crippen LogP contribution in [0.3, 0.4) is 0 Å². The predicted molar refractivity (Wildman–Crippen MR) is 103 cm³/mol. The Hall–Kier alpha value is -3.51. The van der Waals surface area contributed by atoms with E-state index in [0.717, 1.165) is 28.3 Å². The van der Waals surface area contributed by atoms with Crippen LogP contribution < -0.4 is 10.1 Å². The molecule has 0 unspecified atom stereocenters. The number of nitrogens with one attached hydrogen (secondary N) is 1. The van der Waals surface area contributed by atoms with Gasteiger partial charge in [0.05, 0.1) is 18.7 Å². The van der Waals surface area contributed by atoms with Crippen LogP contribution in [-0.4, -0.2) is 7.11 Å². The van der Waals surface area contributed by atoms with Crippen molar-refractivity contribution in [1.29, 1.82) is 5.26 Å². The molecule has 0 bridgehead atoms. The van der Waals surface area contributed by atoms with Crippen LogP contribution in [0.4, 0.5) is 11.4 Å². The topological polar surface area (TPSA) is 45.0 Å². The maximum Gasteiger partial charge on any atom is 0.119 e. The Balaban J connectivity index is 1.64. The van der Waals surface area contributed by atoms with Gasteiger partial charge in [0, 0.05) is 11.4 Å². The van der Waals surface area contributed by atoms with E-state index in [0.29, 0.717) is 5.56 Å². The number of ether oxygens (including phenoxy) is 1. The quantitative estimate of drug-likeness (QED) is 0.631. The maximum absolute atomic E-state index is 8.81. The summed E-state index contributed by atoms with van der Waals surface area (Å²) in [6, 6.07) is 25.7. The number of methoxy groups -OCH3 is 1. The summed E-state index contributed by atoms with van der Waals surface area (Å²) in [7, 11) is 1.66. The van der Waals surface area contributed by atoms with Crippen molar-refractivity contribution in [1.82, 2.24) is 0 Å². The first kappa shape index (κ1) is 16.4. The second kappa shape index (κ2) is 7.85. The van der Waals surface area contributed by atoms with E-state index in [9.17, 15) is 0 Å². The molecule has 3 nitrogen and oxygen atoms in total. The monoisotopic (exact) mass is 326 g/mol. The van der Waals surface area contributed by atoms with Gasteiger partial charge in [-0.1, -0.05) is 36.4 Å². The lowest BCUT2D eigenvalue weighted by molar-refractivity contribution is 0.415. The van der Waals surface area contributed by atoms with Gasteiger partial charge in [-0.05, 0) is 59.7 Å². The number of hydrogen-bond acceptors (Lipinski definition) is 3. The molecule has 0 aliphatic carbocycles. The highest BCUT2D eigenvalue weighted by Gasteiger charge is 1.96. The van der Waals surface area contributed by atoms with Crippen LogP contribution in [0.25, 0.3) is 12.2 Å². The summed E-state index contributed by atoms with van der Waals surface area (Å²) in [5, 5.41) is 12.2. The molecule has 3 aromatic rings. The zero-order valence-corrected chi connectivity index (χ0v) is 13.9. The van der Waals surface area contributed by atoms with Crippen molar-refractivity contribution in [2.75, 3.05) is 12.4 Å². The van der Waals surface area contributed by atoms with Crippen LogP contribution in [0, 0.1) is 11.3 Å². The van der Waals surface area contributed by atoms with E-state index in [1.165, 1.54) is 0 Å². The largest absolute Gasteiger partial charge is 0.497 e. The minimum absolute atomic E-state index is 0.672. The molecule has 0 fully saturated rings. The molecule has 0 spiro atoms. The average molecular weight is 326 g/mol. The summed E-state index contributed by atoms with van der Waals surface area (Å²) in [5.41, 5.74) is 4.90. The number of benzene rings is 3. The van der Waals surface area contributed by atoms with Crippen LogP contribution >= 0.6 is 0 Å². The first-order valence-corrected chi connectivity index (χ1v) is 7.96. The highest BCUT2D eigenvalue weighted by atomic mass is 16.5. The fourth-order valence-corrected chi connectivity index (χ4v) is 2.38. The SMILES string of the molecule is COc1ccc(Nc2ccc(/C=C/c3ccc(C#N)cc3)cc2)cc1. The zero-order valence-electron chi connectivity index (χ0n) is 13.9. The van der Waals surface area contributed by atoms with Crippen LogP contribution in [0.1, 0.15) is 16.7 Å². The molecule has 0 aliphatic rings. The van der Waals surface area contributed by atoms with E-state index in [-0.39, 0.29) is 0 Å². The van der Waals surface area contributed by atoms with E-state index in [4.69, 9.17) is 10.00 Å². The van der Waals surface area contributed by atoms with E-state index in [2.05, 4.69) is 29.6 Å². The molecule has 122 valence electrons. The lowest BCUT2D eigenvalue weighted by Gasteiger charge is -2.07.